The molecule has 0 atom stereocenters. The summed E-state index contributed by atoms with van der Waals surface area (Å²) in [6, 6.07) is 15.2. The molecule has 3 N–H and O–H groups in total. The van der Waals surface area contributed by atoms with E-state index < -0.39 is 0 Å². The fourth-order valence-corrected chi connectivity index (χ4v) is 5.58. The number of carbonyl (C=O) groups is 2. The van der Waals surface area contributed by atoms with Gasteiger partial charge in [0.1, 0.15) is 23.2 Å². The molecule has 1 aliphatic rings. The average Bonchev–Trinajstić information content (AvgIpc) is 3.94. The van der Waals surface area contributed by atoms with Crippen molar-refractivity contribution in [3.05, 3.63) is 77.8 Å². The molecule has 5 rings (SSSR count). The SMILES string of the molecule is C.C1CCOC1.C=CCNC(=O)CCl.C=CCNC(=O)CSc1nc(-c2ccc(OC)cc2)ns1.COc1ccc(-c2nc(=S)s[nH]2)cc1. The normalized spacial score (nSPS) is 11.0. The predicted molar refractivity (Wildman–Crippen MR) is 206 cm³/mol. The van der Waals surface area contributed by atoms with Gasteiger partial charge >= 0.3 is 0 Å². The van der Waals surface area contributed by atoms with Gasteiger partial charge in [-0.25, -0.2) is 9.97 Å². The van der Waals surface area contributed by atoms with Gasteiger partial charge in [0.15, 0.2) is 14.1 Å². The Labute approximate surface area is 310 Å². The molecule has 3 heterocycles. The second-order valence-electron chi connectivity index (χ2n) is 9.20. The third-order valence-electron chi connectivity index (χ3n) is 5.72. The highest BCUT2D eigenvalue weighted by atomic mass is 35.5. The summed E-state index contributed by atoms with van der Waals surface area (Å²) in [6.45, 7) is 9.93. The van der Waals surface area contributed by atoms with E-state index >= 15 is 0 Å². The van der Waals surface area contributed by atoms with Crippen LogP contribution in [0.4, 0.5) is 0 Å². The summed E-state index contributed by atoms with van der Waals surface area (Å²) in [5.41, 5.74) is 1.94. The van der Waals surface area contributed by atoms with Gasteiger partial charge in [0.2, 0.25) is 11.8 Å². The molecule has 11 nitrogen and oxygen atoms in total. The van der Waals surface area contributed by atoms with Crippen LogP contribution in [0.5, 0.6) is 11.5 Å². The molecule has 1 fully saturated rings. The van der Waals surface area contributed by atoms with E-state index in [9.17, 15) is 9.59 Å². The fourth-order valence-electron chi connectivity index (χ4n) is 3.33. The first-order valence-corrected chi connectivity index (χ1v) is 18.0. The molecular formula is C33H43ClN6O5S4. The van der Waals surface area contributed by atoms with Crippen LogP contribution >= 0.6 is 58.6 Å². The van der Waals surface area contributed by atoms with Gasteiger partial charge in [-0.15, -0.1) is 24.8 Å². The predicted octanol–water partition coefficient (Wildman–Crippen LogP) is 7.44. The maximum atomic E-state index is 11.5. The summed E-state index contributed by atoms with van der Waals surface area (Å²) in [5.74, 6) is 3.25. The van der Waals surface area contributed by atoms with Crippen LogP contribution in [0.15, 0.2) is 78.2 Å². The average molecular weight is 767 g/mol. The van der Waals surface area contributed by atoms with E-state index in [0.29, 0.717) is 28.6 Å². The number of benzene rings is 2. The van der Waals surface area contributed by atoms with Crippen molar-refractivity contribution in [1.82, 2.24) is 29.3 Å². The molecule has 2 amide bonds. The second-order valence-corrected chi connectivity index (χ2v) is 12.9. The van der Waals surface area contributed by atoms with Crippen molar-refractivity contribution in [3.63, 3.8) is 0 Å². The zero-order valence-corrected chi connectivity index (χ0v) is 30.8. The number of aromatic amines is 1. The number of H-pyrrole nitrogens is 1. The van der Waals surface area contributed by atoms with Crippen LogP contribution in [-0.4, -0.2) is 82.7 Å². The van der Waals surface area contributed by atoms with Gasteiger partial charge in [-0.3, -0.25) is 14.0 Å². The number of rotatable bonds is 12. The first-order valence-electron chi connectivity index (χ1n) is 14.5. The summed E-state index contributed by atoms with van der Waals surface area (Å²) in [4.78, 5) is 30.4. The van der Waals surface area contributed by atoms with Crippen molar-refractivity contribution in [1.29, 1.82) is 0 Å². The number of alkyl halides is 1. The first kappa shape index (κ1) is 43.4. The molecular weight excluding hydrogens is 724 g/mol. The number of nitrogens with one attached hydrogen (secondary N) is 3. The van der Waals surface area contributed by atoms with Crippen LogP contribution in [0.25, 0.3) is 22.8 Å². The topological polar surface area (TPSA) is 140 Å². The van der Waals surface area contributed by atoms with E-state index in [0.717, 1.165) is 46.0 Å². The molecule has 1 aliphatic heterocycles. The number of hydrogen-bond acceptors (Lipinski definition) is 12. The number of amides is 2. The number of thioether (sulfide) groups is 1. The van der Waals surface area contributed by atoms with Crippen LogP contribution in [0.1, 0.15) is 20.3 Å². The lowest BCUT2D eigenvalue weighted by atomic mass is 10.2. The van der Waals surface area contributed by atoms with Crippen LogP contribution in [0.2, 0.25) is 0 Å². The molecule has 0 spiro atoms. The molecule has 49 heavy (non-hydrogen) atoms. The summed E-state index contributed by atoms with van der Waals surface area (Å²) in [7, 11) is 3.27. The van der Waals surface area contributed by atoms with Gasteiger partial charge in [-0.05, 0) is 96.7 Å². The lowest BCUT2D eigenvalue weighted by Gasteiger charge is -2.00. The number of nitrogens with zero attached hydrogens (tertiary/aromatic N) is 3. The standard InChI is InChI=1S/C14H15N3O2S2.C9H8N2OS2.C5H8ClNO.C4H8O.CH4/c1-3-8-15-12(18)9-20-14-16-13(17-21-14)10-4-6-11(19-2)7-5-10;1-12-7-4-2-6(3-5-7)8-10-9(13)14-11-8;1-2-3-7-5(8)4-6;1-2-4-5-3-1;/h3-7H,1,8-9H2,2H3,(H,15,18);2-5H,1H3,(H,10,11,13);2H,1,3-4H2,(H,7,8);1-4H2;1H4. The van der Waals surface area contributed by atoms with Crippen molar-refractivity contribution < 1.29 is 23.8 Å². The van der Waals surface area contributed by atoms with Crippen LogP contribution in [0.3, 0.4) is 0 Å². The summed E-state index contributed by atoms with van der Waals surface area (Å²) in [6.07, 6.45) is 5.81. The minimum absolute atomic E-state index is 0. The largest absolute Gasteiger partial charge is 0.497 e. The Morgan fingerprint density at radius 1 is 0.959 bits per heavy atom. The highest BCUT2D eigenvalue weighted by molar-refractivity contribution is 8.01. The smallest absolute Gasteiger partial charge is 0.235 e. The van der Waals surface area contributed by atoms with Crippen molar-refractivity contribution >= 4 is 70.5 Å². The van der Waals surface area contributed by atoms with Gasteiger partial charge in [0, 0.05) is 37.4 Å². The van der Waals surface area contributed by atoms with Crippen molar-refractivity contribution in [3.8, 4) is 34.3 Å². The zero-order valence-electron chi connectivity index (χ0n) is 26.7. The Bertz CT molecular complexity index is 1570. The minimum atomic E-state index is -0.161. The van der Waals surface area contributed by atoms with E-state index in [1.165, 1.54) is 47.7 Å². The van der Waals surface area contributed by atoms with E-state index in [-0.39, 0.29) is 25.1 Å². The quantitative estimate of drug-likeness (QED) is 0.0577. The van der Waals surface area contributed by atoms with E-state index in [4.69, 9.17) is 38.0 Å². The van der Waals surface area contributed by atoms with Gasteiger partial charge in [0.25, 0.3) is 0 Å². The molecule has 16 heteroatoms. The number of aromatic nitrogens is 4. The number of carbonyl (C=O) groups excluding carboxylic acids is 2. The number of ether oxygens (including phenoxy) is 3. The van der Waals surface area contributed by atoms with Crippen LogP contribution in [0, 0.1) is 3.95 Å². The lowest BCUT2D eigenvalue weighted by molar-refractivity contribution is -0.119. The Balaban J connectivity index is 0.000000367. The molecule has 0 aliphatic carbocycles. The molecule has 1 saturated heterocycles. The Morgan fingerprint density at radius 3 is 1.96 bits per heavy atom. The van der Waals surface area contributed by atoms with E-state index in [1.807, 2.05) is 48.5 Å². The summed E-state index contributed by atoms with van der Waals surface area (Å²) in [5, 5.41) is 5.21. The van der Waals surface area contributed by atoms with E-state index in [1.54, 1.807) is 26.4 Å². The number of methoxy groups -OCH3 is 2. The molecule has 266 valence electrons. The molecule has 0 unspecified atom stereocenters. The van der Waals surface area contributed by atoms with Crippen LogP contribution < -0.4 is 20.1 Å². The third kappa shape index (κ3) is 18.1. The van der Waals surface area contributed by atoms with Crippen molar-refractivity contribution in [2.75, 3.05) is 52.2 Å². The maximum absolute atomic E-state index is 11.5. The van der Waals surface area contributed by atoms with Crippen molar-refractivity contribution in [2.45, 2.75) is 24.6 Å². The third-order valence-corrected chi connectivity index (χ3v) is 8.70. The highest BCUT2D eigenvalue weighted by Gasteiger charge is 2.09. The Kier molecular flexibility index (Phi) is 23.3. The minimum Gasteiger partial charge on any atom is -0.497 e. The maximum Gasteiger partial charge on any atom is 0.235 e. The van der Waals surface area contributed by atoms with Gasteiger partial charge < -0.3 is 24.8 Å². The molecule has 2 aromatic heterocycles. The van der Waals surface area contributed by atoms with E-state index in [2.05, 4.69) is 42.5 Å². The highest BCUT2D eigenvalue weighted by Crippen LogP contribution is 2.26. The summed E-state index contributed by atoms with van der Waals surface area (Å²) >= 11 is 14.1. The van der Waals surface area contributed by atoms with Gasteiger partial charge in [-0.1, -0.05) is 31.3 Å². The molecule has 0 radical (unpaired) electrons. The van der Waals surface area contributed by atoms with Gasteiger partial charge in [-0.2, -0.15) is 4.37 Å². The number of halogens is 1. The first-order chi connectivity index (χ1) is 23.3. The number of hydrogen-bond donors (Lipinski definition) is 3. The zero-order chi connectivity index (χ0) is 35.0. The van der Waals surface area contributed by atoms with Gasteiger partial charge in [0.05, 0.1) is 20.0 Å². The fraction of sp³-hybridized carbons (Fsp3) is 0.333. The van der Waals surface area contributed by atoms with Crippen molar-refractivity contribution in [2.24, 2.45) is 0 Å². The van der Waals surface area contributed by atoms with Crippen LogP contribution in [-0.2, 0) is 14.3 Å². The molecule has 0 bridgehead atoms. The second kappa shape index (κ2) is 26.3. The molecule has 4 aromatic rings. The Hall–Kier alpha value is -3.60. The summed E-state index contributed by atoms with van der Waals surface area (Å²) < 4.78 is 23.9. The molecule has 2 aromatic carbocycles. The molecule has 0 saturated carbocycles. The lowest BCUT2D eigenvalue weighted by Crippen LogP contribution is -2.24. The Morgan fingerprint density at radius 2 is 1.51 bits per heavy atom. The monoisotopic (exact) mass is 766 g/mol.